The van der Waals surface area contributed by atoms with E-state index in [9.17, 15) is 4.79 Å². The lowest BCUT2D eigenvalue weighted by Crippen LogP contribution is -2.29. The molecular formula is C22H24N2O3. The van der Waals surface area contributed by atoms with Gasteiger partial charge in [-0.05, 0) is 36.2 Å². The minimum Gasteiger partial charge on any atom is -0.493 e. The van der Waals surface area contributed by atoms with Crippen molar-refractivity contribution in [3.8, 4) is 11.5 Å². The lowest BCUT2D eigenvalue weighted by Gasteiger charge is -2.18. The number of ether oxygens (including phenoxy) is 2. The molecule has 0 unspecified atom stereocenters. The fraction of sp³-hybridized carbons (Fsp3) is 0.227. The van der Waals surface area contributed by atoms with Crippen LogP contribution in [0, 0.1) is 0 Å². The second-order valence-corrected chi connectivity index (χ2v) is 6.44. The standard InChI is InChI=1S/C22H24N2O3/c1-24(14-16-11-12-20(26-2)21(13-16)27-3)15-22(25)23-19-10-6-8-17-7-4-5-9-18(17)19/h4-13H,14-15H2,1-3H3,(H,23,25). The molecule has 140 valence electrons. The van der Waals surface area contributed by atoms with Gasteiger partial charge in [-0.3, -0.25) is 9.69 Å². The molecule has 0 fully saturated rings. The minimum atomic E-state index is -0.0469. The first-order valence-corrected chi connectivity index (χ1v) is 8.78. The van der Waals surface area contributed by atoms with Gasteiger partial charge in [-0.25, -0.2) is 0 Å². The van der Waals surface area contributed by atoms with E-state index in [0.717, 1.165) is 22.0 Å². The molecule has 5 heteroatoms. The average molecular weight is 364 g/mol. The first-order chi connectivity index (χ1) is 13.1. The molecular weight excluding hydrogens is 340 g/mol. The fourth-order valence-electron chi connectivity index (χ4n) is 3.12. The first kappa shape index (κ1) is 18.7. The van der Waals surface area contributed by atoms with Gasteiger partial charge in [-0.1, -0.05) is 42.5 Å². The summed E-state index contributed by atoms with van der Waals surface area (Å²) < 4.78 is 10.6. The van der Waals surface area contributed by atoms with Crippen LogP contribution in [-0.2, 0) is 11.3 Å². The number of nitrogens with zero attached hydrogens (tertiary/aromatic N) is 1. The Hall–Kier alpha value is -3.05. The molecule has 1 N–H and O–H groups in total. The molecule has 0 bridgehead atoms. The third-order valence-electron chi connectivity index (χ3n) is 4.38. The van der Waals surface area contributed by atoms with Crippen LogP contribution in [0.2, 0.25) is 0 Å². The third-order valence-corrected chi connectivity index (χ3v) is 4.38. The Kier molecular flexibility index (Phi) is 5.94. The maximum atomic E-state index is 12.5. The van der Waals surface area contributed by atoms with Crippen molar-refractivity contribution in [2.75, 3.05) is 33.1 Å². The van der Waals surface area contributed by atoms with Crippen molar-refractivity contribution in [3.63, 3.8) is 0 Å². The van der Waals surface area contributed by atoms with Gasteiger partial charge in [0.1, 0.15) is 0 Å². The van der Waals surface area contributed by atoms with E-state index in [1.54, 1.807) is 14.2 Å². The third kappa shape index (κ3) is 4.57. The van der Waals surface area contributed by atoms with E-state index in [1.807, 2.05) is 72.6 Å². The number of hydrogen-bond donors (Lipinski definition) is 1. The van der Waals surface area contributed by atoms with Crippen molar-refractivity contribution in [3.05, 3.63) is 66.2 Å². The Bertz CT molecular complexity index is 934. The molecule has 0 radical (unpaired) electrons. The summed E-state index contributed by atoms with van der Waals surface area (Å²) in [6.07, 6.45) is 0. The number of fused-ring (bicyclic) bond motifs is 1. The molecule has 0 saturated heterocycles. The predicted molar refractivity (Wildman–Crippen MR) is 108 cm³/mol. The fourth-order valence-corrected chi connectivity index (χ4v) is 3.12. The highest BCUT2D eigenvalue weighted by atomic mass is 16.5. The van der Waals surface area contributed by atoms with E-state index in [0.29, 0.717) is 18.0 Å². The average Bonchev–Trinajstić information content (AvgIpc) is 2.68. The van der Waals surface area contributed by atoms with Crippen LogP contribution in [-0.4, -0.2) is 38.6 Å². The van der Waals surface area contributed by atoms with Gasteiger partial charge < -0.3 is 14.8 Å². The highest BCUT2D eigenvalue weighted by Gasteiger charge is 2.11. The molecule has 0 aliphatic heterocycles. The number of hydrogen-bond acceptors (Lipinski definition) is 4. The van der Waals surface area contributed by atoms with Gasteiger partial charge in [0.15, 0.2) is 11.5 Å². The normalized spacial score (nSPS) is 10.8. The van der Waals surface area contributed by atoms with Gasteiger partial charge >= 0.3 is 0 Å². The topological polar surface area (TPSA) is 50.8 Å². The summed E-state index contributed by atoms with van der Waals surface area (Å²) in [7, 11) is 5.14. The van der Waals surface area contributed by atoms with Crippen LogP contribution in [0.25, 0.3) is 10.8 Å². The number of methoxy groups -OCH3 is 2. The monoisotopic (exact) mass is 364 g/mol. The SMILES string of the molecule is COc1ccc(CN(C)CC(=O)Nc2cccc3ccccc23)cc1OC. The zero-order valence-corrected chi connectivity index (χ0v) is 15.9. The number of benzene rings is 3. The van der Waals surface area contributed by atoms with Crippen molar-refractivity contribution >= 4 is 22.4 Å². The Morgan fingerprint density at radius 3 is 2.48 bits per heavy atom. The molecule has 0 aliphatic rings. The zero-order chi connectivity index (χ0) is 19.2. The Morgan fingerprint density at radius 2 is 1.70 bits per heavy atom. The number of nitrogens with one attached hydrogen (secondary N) is 1. The van der Waals surface area contributed by atoms with Gasteiger partial charge in [0.2, 0.25) is 5.91 Å². The maximum absolute atomic E-state index is 12.5. The van der Waals surface area contributed by atoms with E-state index < -0.39 is 0 Å². The first-order valence-electron chi connectivity index (χ1n) is 8.78. The molecule has 0 aliphatic carbocycles. The molecule has 0 aromatic heterocycles. The second kappa shape index (κ2) is 8.56. The van der Waals surface area contributed by atoms with E-state index >= 15 is 0 Å². The zero-order valence-electron chi connectivity index (χ0n) is 15.9. The largest absolute Gasteiger partial charge is 0.493 e. The highest BCUT2D eigenvalue weighted by Crippen LogP contribution is 2.28. The smallest absolute Gasteiger partial charge is 0.238 e. The summed E-state index contributed by atoms with van der Waals surface area (Å²) in [4.78, 5) is 14.4. The van der Waals surface area contributed by atoms with E-state index in [2.05, 4.69) is 5.32 Å². The molecule has 1 amide bonds. The molecule has 3 aromatic carbocycles. The molecule has 27 heavy (non-hydrogen) atoms. The molecule has 0 heterocycles. The van der Waals surface area contributed by atoms with Gasteiger partial charge in [0, 0.05) is 17.6 Å². The van der Waals surface area contributed by atoms with Gasteiger partial charge in [-0.2, -0.15) is 0 Å². The van der Waals surface area contributed by atoms with Crippen molar-refractivity contribution < 1.29 is 14.3 Å². The van der Waals surface area contributed by atoms with E-state index in [-0.39, 0.29) is 12.5 Å². The lowest BCUT2D eigenvalue weighted by molar-refractivity contribution is -0.117. The van der Waals surface area contributed by atoms with Crippen LogP contribution in [0.3, 0.4) is 0 Å². The van der Waals surface area contributed by atoms with Gasteiger partial charge in [0.25, 0.3) is 0 Å². The number of anilines is 1. The molecule has 5 nitrogen and oxygen atoms in total. The predicted octanol–water partition coefficient (Wildman–Crippen LogP) is 3.93. The van der Waals surface area contributed by atoms with Gasteiger partial charge in [0.05, 0.1) is 20.8 Å². The summed E-state index contributed by atoms with van der Waals surface area (Å²) in [6, 6.07) is 19.7. The summed E-state index contributed by atoms with van der Waals surface area (Å²) >= 11 is 0. The van der Waals surface area contributed by atoms with Crippen LogP contribution in [0.1, 0.15) is 5.56 Å². The molecule has 0 spiro atoms. The van der Waals surface area contributed by atoms with Crippen molar-refractivity contribution in [2.45, 2.75) is 6.54 Å². The Balaban J connectivity index is 1.64. The molecule has 3 aromatic rings. The highest BCUT2D eigenvalue weighted by molar-refractivity contribution is 6.02. The number of rotatable bonds is 7. The van der Waals surface area contributed by atoms with Crippen LogP contribution >= 0.6 is 0 Å². The molecule has 3 rings (SSSR count). The maximum Gasteiger partial charge on any atom is 0.238 e. The van der Waals surface area contributed by atoms with E-state index in [1.165, 1.54) is 0 Å². The second-order valence-electron chi connectivity index (χ2n) is 6.44. The van der Waals surface area contributed by atoms with Crippen LogP contribution in [0.4, 0.5) is 5.69 Å². The molecule has 0 saturated carbocycles. The van der Waals surface area contributed by atoms with Crippen LogP contribution < -0.4 is 14.8 Å². The van der Waals surface area contributed by atoms with Crippen LogP contribution in [0.15, 0.2) is 60.7 Å². The number of amides is 1. The van der Waals surface area contributed by atoms with Crippen molar-refractivity contribution in [1.82, 2.24) is 4.90 Å². The quantitative estimate of drug-likeness (QED) is 0.690. The van der Waals surface area contributed by atoms with Crippen molar-refractivity contribution in [1.29, 1.82) is 0 Å². The van der Waals surface area contributed by atoms with E-state index in [4.69, 9.17) is 9.47 Å². The minimum absolute atomic E-state index is 0.0469. The number of likely N-dealkylation sites (N-methyl/N-ethyl adjacent to an activating group) is 1. The lowest BCUT2D eigenvalue weighted by atomic mass is 10.1. The summed E-state index contributed by atoms with van der Waals surface area (Å²) in [6.45, 7) is 0.918. The number of carbonyl (C=O) groups excluding carboxylic acids is 1. The summed E-state index contributed by atoms with van der Waals surface area (Å²) in [5.74, 6) is 1.33. The Labute approximate surface area is 159 Å². The summed E-state index contributed by atoms with van der Waals surface area (Å²) in [5, 5.41) is 5.16. The van der Waals surface area contributed by atoms with Crippen LogP contribution in [0.5, 0.6) is 11.5 Å². The summed E-state index contributed by atoms with van der Waals surface area (Å²) in [5.41, 5.74) is 1.88. The molecule has 0 atom stereocenters. The Morgan fingerprint density at radius 1 is 0.963 bits per heavy atom. The van der Waals surface area contributed by atoms with Crippen molar-refractivity contribution in [2.24, 2.45) is 0 Å². The van der Waals surface area contributed by atoms with Gasteiger partial charge in [-0.15, -0.1) is 0 Å². The number of carbonyl (C=O) groups is 1.